The van der Waals surface area contributed by atoms with E-state index in [1.807, 2.05) is 0 Å². The summed E-state index contributed by atoms with van der Waals surface area (Å²) in [7, 11) is 0. The van der Waals surface area contributed by atoms with Gasteiger partial charge < -0.3 is 46.6 Å². The second-order valence-electron chi connectivity index (χ2n) is 11.5. The zero-order chi connectivity index (χ0) is 30.6. The van der Waals surface area contributed by atoms with Crippen molar-refractivity contribution in [3.63, 3.8) is 0 Å². The van der Waals surface area contributed by atoms with E-state index in [2.05, 4.69) is 9.97 Å². The van der Waals surface area contributed by atoms with Crippen LogP contribution >= 0.6 is 0 Å². The molecule has 17 nitrogen and oxygen atoms in total. The van der Waals surface area contributed by atoms with Gasteiger partial charge in [0.1, 0.15) is 9.52 Å². The second-order valence-corrected chi connectivity index (χ2v) is 11.5. The molecule has 0 aromatic carbocycles. The number of hydroxylamine groups is 2. The Balaban J connectivity index is 0. The third kappa shape index (κ3) is 6.34. The van der Waals surface area contributed by atoms with Crippen LogP contribution < -0.4 is 10.2 Å². The normalized spacial score (nSPS) is 18.5. The molecule has 4 rings (SSSR count). The Morgan fingerprint density at radius 3 is 1.07 bits per heavy atom. The van der Waals surface area contributed by atoms with E-state index < -0.39 is 34.1 Å². The first kappa shape index (κ1) is 41.9. The average molecular weight is 664 g/mol. The maximum atomic E-state index is 12.4. The monoisotopic (exact) mass is 663 g/mol. The molecule has 1 radical (unpaired) electrons. The fraction of sp³-hybridized carbons (Fsp3) is 0.462. The van der Waals surface area contributed by atoms with E-state index in [9.17, 15) is 40.0 Å². The minimum absolute atomic E-state index is 0. The van der Waals surface area contributed by atoms with Crippen molar-refractivity contribution in [1.29, 1.82) is 0 Å². The number of hydrogen-bond acceptors (Lipinski definition) is 10. The van der Waals surface area contributed by atoms with E-state index >= 15 is 0 Å². The molecule has 0 saturated carbocycles. The fourth-order valence-corrected chi connectivity index (χ4v) is 3.98. The van der Waals surface area contributed by atoms with Crippen molar-refractivity contribution in [3.05, 3.63) is 79.4 Å². The van der Waals surface area contributed by atoms with E-state index in [-0.39, 0.29) is 67.9 Å². The molecular weight excluding hydrogens is 627 g/mol. The quantitative estimate of drug-likeness (QED) is 0.190. The van der Waals surface area contributed by atoms with Gasteiger partial charge in [-0.25, -0.2) is 9.97 Å². The Morgan fingerprint density at radius 2 is 0.864 bits per heavy atom. The molecular formula is C26H36MnN6O11. The molecule has 2 aliphatic rings. The molecule has 0 amide bonds. The van der Waals surface area contributed by atoms with Crippen LogP contribution in [-0.4, -0.2) is 91.2 Å². The number of nitrogens with zero attached hydrogens (tertiary/aromatic N) is 6. The molecule has 2 aromatic rings. The van der Waals surface area contributed by atoms with E-state index in [1.165, 1.54) is 36.4 Å². The van der Waals surface area contributed by atoms with Crippen LogP contribution in [0.3, 0.4) is 0 Å². The molecule has 0 fully saturated rings. The number of hydrogen-bond donors (Lipinski definition) is 0. The zero-order valence-electron chi connectivity index (χ0n) is 25.3. The molecule has 243 valence electrons. The maximum Gasteiger partial charge on any atom is 0.523 e. The van der Waals surface area contributed by atoms with Crippen LogP contribution in [0.4, 0.5) is 0 Å². The Morgan fingerprint density at radius 1 is 0.591 bits per heavy atom. The largest absolute Gasteiger partial charge is 0.618 e. The van der Waals surface area contributed by atoms with Crippen LogP contribution in [0.5, 0.6) is 0 Å². The first-order valence-corrected chi connectivity index (χ1v) is 12.2. The molecule has 6 N–H and O–H groups in total. The topological polar surface area (TPSA) is 293 Å². The molecule has 0 bridgehead atoms. The number of amidine groups is 2. The van der Waals surface area contributed by atoms with Crippen LogP contribution in [0, 0.1) is 20.2 Å². The summed E-state index contributed by atoms with van der Waals surface area (Å²) in [5, 5.41) is 46.4. The van der Waals surface area contributed by atoms with Gasteiger partial charge in [-0.3, -0.25) is 0 Å². The molecule has 0 unspecified atom stereocenters. The van der Waals surface area contributed by atoms with Crippen molar-refractivity contribution in [3.8, 4) is 0 Å². The molecule has 4 heterocycles. The molecule has 44 heavy (non-hydrogen) atoms. The summed E-state index contributed by atoms with van der Waals surface area (Å²) in [5.41, 5.74) is -4.47. The van der Waals surface area contributed by atoms with Crippen molar-refractivity contribution in [2.75, 3.05) is 0 Å². The number of rotatable bonds is 4. The zero-order valence-corrected chi connectivity index (χ0v) is 26.5. The van der Waals surface area contributed by atoms with Crippen LogP contribution in [0.25, 0.3) is 0 Å². The van der Waals surface area contributed by atoms with E-state index in [0.717, 1.165) is 0 Å². The molecule has 0 spiro atoms. The van der Waals surface area contributed by atoms with Crippen LogP contribution in [0.1, 0.15) is 87.8 Å². The Kier molecular flexibility index (Phi) is 13.0. The van der Waals surface area contributed by atoms with E-state index in [1.54, 1.807) is 55.4 Å². The van der Waals surface area contributed by atoms with Gasteiger partial charge in [0.05, 0.1) is 23.3 Å². The van der Waals surface area contributed by atoms with Gasteiger partial charge in [-0.15, -0.1) is 9.48 Å². The predicted octanol–water partition coefficient (Wildman–Crippen LogP) is -2.37. The molecule has 2 aliphatic heterocycles. The number of carbonyl (C=O) groups is 2. The molecule has 0 aliphatic carbocycles. The first-order valence-electron chi connectivity index (χ1n) is 12.2. The SMILES string of the molecule is CC1(C)[N+](=O)C(c2cccc(C(=O)[O-])n2)=[N+]([O-])C1(C)C.CC1(C)[N+](=O)C(c2cccc(C(=O)[O-])n2)=[N+]([O-])C1(C)C.O.O.O.[Mn]. The fourth-order valence-electron chi connectivity index (χ4n) is 3.98. The van der Waals surface area contributed by atoms with Gasteiger partial charge in [0.2, 0.25) is 22.5 Å². The number of aromatic carboxylic acids is 2. The summed E-state index contributed by atoms with van der Waals surface area (Å²) >= 11 is 0. The van der Waals surface area contributed by atoms with Gasteiger partial charge in [0.25, 0.3) is 11.1 Å². The first-order chi connectivity index (χ1) is 18.2. The minimum Gasteiger partial charge on any atom is -0.618 e. The molecule has 0 saturated heterocycles. The minimum atomic E-state index is -1.46. The van der Waals surface area contributed by atoms with Gasteiger partial charge in [0.15, 0.2) is 0 Å². The van der Waals surface area contributed by atoms with E-state index in [4.69, 9.17) is 0 Å². The molecule has 18 heteroatoms. The molecule has 0 atom stereocenters. The summed E-state index contributed by atoms with van der Waals surface area (Å²) in [6.07, 6.45) is 0. The average Bonchev–Trinajstić information content (AvgIpc) is 3.08. The van der Waals surface area contributed by atoms with Gasteiger partial charge in [0, 0.05) is 82.3 Å². The number of nitroso groups, excluding NO2 is 2. The van der Waals surface area contributed by atoms with Crippen molar-refractivity contribution < 1.29 is 72.3 Å². The summed E-state index contributed by atoms with van der Waals surface area (Å²) in [6.45, 7) is 13.2. The summed E-state index contributed by atoms with van der Waals surface area (Å²) < 4.78 is 2.34. The predicted molar refractivity (Wildman–Crippen MR) is 147 cm³/mol. The summed E-state index contributed by atoms with van der Waals surface area (Å²) in [5.74, 6) is -3.30. The van der Waals surface area contributed by atoms with Gasteiger partial charge in [-0.2, -0.15) is 0 Å². The Labute approximate surface area is 262 Å². The Hall–Kier alpha value is -4.22. The van der Waals surface area contributed by atoms with Gasteiger partial charge >= 0.3 is 11.7 Å². The van der Waals surface area contributed by atoms with Crippen molar-refractivity contribution in [2.45, 2.75) is 77.5 Å². The van der Waals surface area contributed by atoms with Crippen LogP contribution in [0.15, 0.2) is 36.4 Å². The summed E-state index contributed by atoms with van der Waals surface area (Å²) in [4.78, 5) is 54.0. The number of carbonyl (C=O) groups excluding carboxylic acids is 2. The van der Waals surface area contributed by atoms with E-state index in [0.29, 0.717) is 19.0 Å². The standard InChI is InChI=1S/2C13H15N3O4.Mn.3H2O/c2*1-12(2)13(3,4)16(20)10(15(12)19)8-6-5-7-9(14-8)11(17)18;;;;/h2*5-7H,1-4H3;;3*1H2. The van der Waals surface area contributed by atoms with Crippen molar-refractivity contribution in [1.82, 2.24) is 9.97 Å². The molecule has 2 aromatic heterocycles. The van der Waals surface area contributed by atoms with Crippen LogP contribution in [0.2, 0.25) is 0 Å². The van der Waals surface area contributed by atoms with Gasteiger partial charge in [-0.05, 0) is 24.3 Å². The number of pyridine rings is 2. The Bertz CT molecular complexity index is 1420. The van der Waals surface area contributed by atoms with Crippen molar-refractivity contribution in [2.24, 2.45) is 0 Å². The van der Waals surface area contributed by atoms with Gasteiger partial charge in [-0.1, -0.05) is 12.1 Å². The third-order valence-electron chi connectivity index (χ3n) is 8.17. The maximum absolute atomic E-state index is 12.4. The summed E-state index contributed by atoms with van der Waals surface area (Å²) in [6, 6.07) is 8.18. The number of aromatic nitrogens is 2. The smallest absolute Gasteiger partial charge is 0.523 e. The third-order valence-corrected chi connectivity index (χ3v) is 8.17. The second kappa shape index (κ2) is 13.6. The van der Waals surface area contributed by atoms with Crippen LogP contribution in [-0.2, 0) is 17.1 Å². The number of carboxylic acids is 2. The number of carboxylic acid groups (broad SMARTS) is 2. The van der Waals surface area contributed by atoms with Crippen molar-refractivity contribution >= 4 is 23.6 Å².